The molecule has 0 unspecified atom stereocenters. The van der Waals surface area contributed by atoms with Crippen molar-refractivity contribution in [3.8, 4) is 0 Å². The zero-order valence-corrected chi connectivity index (χ0v) is 26.8. The Hall–Kier alpha value is -1.88. The fourth-order valence-corrected chi connectivity index (χ4v) is 4.50. The summed E-state index contributed by atoms with van der Waals surface area (Å²) in [5.41, 5.74) is 0. The van der Waals surface area contributed by atoms with E-state index in [1.54, 1.807) is 0 Å². The average molecular weight is 577 g/mol. The number of aliphatic hydroxyl groups excluding tert-OH is 1. The summed E-state index contributed by atoms with van der Waals surface area (Å²) in [7, 11) is 0. The lowest BCUT2D eigenvalue weighted by atomic mass is 10.0. The second-order valence-corrected chi connectivity index (χ2v) is 11.3. The molecule has 5 heteroatoms. The minimum Gasteiger partial charge on any atom is -0.463 e. The summed E-state index contributed by atoms with van der Waals surface area (Å²) in [5.74, 6) is -0.609. The van der Waals surface area contributed by atoms with Gasteiger partial charge in [0.2, 0.25) is 0 Å². The van der Waals surface area contributed by atoms with E-state index in [4.69, 9.17) is 9.47 Å². The van der Waals surface area contributed by atoms with E-state index >= 15 is 0 Å². The summed E-state index contributed by atoms with van der Waals surface area (Å²) >= 11 is 0. The molecule has 0 aromatic heterocycles. The first-order valence-electron chi connectivity index (χ1n) is 17.0. The van der Waals surface area contributed by atoms with Gasteiger partial charge in [-0.1, -0.05) is 134 Å². The molecule has 0 aliphatic carbocycles. The number of unbranched alkanes of at least 4 members (excludes halogenated alkanes) is 16. The zero-order chi connectivity index (χ0) is 30.1. The Morgan fingerprint density at radius 3 is 1.32 bits per heavy atom. The number of allylic oxidation sites excluding steroid dienone is 6. The summed E-state index contributed by atoms with van der Waals surface area (Å²) in [6.07, 6.45) is 37.6. The van der Waals surface area contributed by atoms with Crippen LogP contribution in [0.25, 0.3) is 0 Å². The maximum absolute atomic E-state index is 11.9. The molecular formula is C36H64O5. The fourth-order valence-electron chi connectivity index (χ4n) is 4.50. The van der Waals surface area contributed by atoms with Gasteiger partial charge in [0.25, 0.3) is 0 Å². The molecule has 0 aromatic carbocycles. The number of esters is 2. The molecule has 41 heavy (non-hydrogen) atoms. The molecule has 5 nitrogen and oxygen atoms in total. The van der Waals surface area contributed by atoms with E-state index in [1.807, 2.05) is 0 Å². The molecule has 0 amide bonds. The van der Waals surface area contributed by atoms with Crippen LogP contribution in [0.15, 0.2) is 36.5 Å². The predicted octanol–water partition coefficient (Wildman–Crippen LogP) is 10.1. The molecule has 0 spiro atoms. The van der Waals surface area contributed by atoms with Crippen molar-refractivity contribution in [1.82, 2.24) is 0 Å². The second-order valence-electron chi connectivity index (χ2n) is 11.3. The third kappa shape index (κ3) is 32.5. The van der Waals surface area contributed by atoms with Crippen LogP contribution in [0, 0.1) is 0 Å². The van der Waals surface area contributed by atoms with Crippen molar-refractivity contribution in [3.63, 3.8) is 0 Å². The average Bonchev–Trinajstić information content (AvgIpc) is 2.97. The third-order valence-electron chi connectivity index (χ3n) is 7.13. The lowest BCUT2D eigenvalue weighted by molar-refractivity contribution is -0.152. The van der Waals surface area contributed by atoms with Gasteiger partial charge < -0.3 is 14.6 Å². The minimum absolute atomic E-state index is 0.126. The lowest BCUT2D eigenvalue weighted by Crippen LogP contribution is -2.25. The highest BCUT2D eigenvalue weighted by atomic mass is 16.6. The Balaban J connectivity index is 3.52. The van der Waals surface area contributed by atoms with Crippen LogP contribution in [0.2, 0.25) is 0 Å². The van der Waals surface area contributed by atoms with Crippen molar-refractivity contribution in [2.75, 3.05) is 13.2 Å². The Bertz CT molecular complexity index is 667. The molecule has 0 aliphatic rings. The number of carbonyl (C=O) groups excluding carboxylic acids is 2. The molecule has 1 N–H and O–H groups in total. The van der Waals surface area contributed by atoms with Crippen LogP contribution >= 0.6 is 0 Å². The first-order chi connectivity index (χ1) is 20.1. The molecule has 238 valence electrons. The first kappa shape index (κ1) is 39.1. The Kier molecular flexibility index (Phi) is 31.1. The Morgan fingerprint density at radius 1 is 0.512 bits per heavy atom. The number of hydrogen-bond acceptors (Lipinski definition) is 5. The highest BCUT2D eigenvalue weighted by molar-refractivity contribution is 5.69. The number of ether oxygens (including phenoxy) is 2. The molecule has 0 aliphatic heterocycles. The molecule has 0 saturated heterocycles. The van der Waals surface area contributed by atoms with Gasteiger partial charge in [-0.05, 0) is 51.4 Å². The van der Waals surface area contributed by atoms with Gasteiger partial charge in [-0.15, -0.1) is 0 Å². The van der Waals surface area contributed by atoms with Crippen LogP contribution in [0.4, 0.5) is 0 Å². The smallest absolute Gasteiger partial charge is 0.305 e. The molecule has 0 aromatic rings. The van der Waals surface area contributed by atoms with E-state index in [-0.39, 0.29) is 25.2 Å². The summed E-state index contributed by atoms with van der Waals surface area (Å²) < 4.78 is 10.3. The predicted molar refractivity (Wildman–Crippen MR) is 173 cm³/mol. The van der Waals surface area contributed by atoms with E-state index in [1.165, 1.54) is 83.5 Å². The highest BCUT2D eigenvalue weighted by Gasteiger charge is 2.12. The summed E-state index contributed by atoms with van der Waals surface area (Å²) in [6, 6.07) is 0. The van der Waals surface area contributed by atoms with E-state index in [9.17, 15) is 14.7 Å². The van der Waals surface area contributed by atoms with Gasteiger partial charge in [-0.3, -0.25) is 9.59 Å². The van der Waals surface area contributed by atoms with Crippen molar-refractivity contribution < 1.29 is 24.2 Å². The second kappa shape index (κ2) is 32.6. The molecule has 0 heterocycles. The van der Waals surface area contributed by atoms with E-state index in [0.29, 0.717) is 12.8 Å². The quantitative estimate of drug-likeness (QED) is 0.0523. The molecule has 0 bridgehead atoms. The van der Waals surface area contributed by atoms with Crippen molar-refractivity contribution in [2.45, 2.75) is 168 Å². The maximum Gasteiger partial charge on any atom is 0.305 e. The van der Waals surface area contributed by atoms with Gasteiger partial charge in [0.15, 0.2) is 0 Å². The minimum atomic E-state index is -0.975. The van der Waals surface area contributed by atoms with Gasteiger partial charge in [-0.25, -0.2) is 0 Å². The van der Waals surface area contributed by atoms with Crippen LogP contribution in [0.1, 0.15) is 162 Å². The van der Waals surface area contributed by atoms with Crippen LogP contribution in [0.5, 0.6) is 0 Å². The lowest BCUT2D eigenvalue weighted by Gasteiger charge is -2.12. The topological polar surface area (TPSA) is 72.8 Å². The van der Waals surface area contributed by atoms with Crippen molar-refractivity contribution >= 4 is 11.9 Å². The fraction of sp³-hybridized carbons (Fsp3) is 0.778. The van der Waals surface area contributed by atoms with Crippen LogP contribution < -0.4 is 0 Å². The Morgan fingerprint density at radius 2 is 0.854 bits per heavy atom. The van der Waals surface area contributed by atoms with Gasteiger partial charge in [-0.2, -0.15) is 0 Å². The normalized spacial score (nSPS) is 12.6. The zero-order valence-electron chi connectivity index (χ0n) is 26.8. The first-order valence-corrected chi connectivity index (χ1v) is 17.0. The van der Waals surface area contributed by atoms with Crippen LogP contribution in [-0.2, 0) is 19.1 Å². The maximum atomic E-state index is 11.9. The monoisotopic (exact) mass is 576 g/mol. The summed E-state index contributed by atoms with van der Waals surface area (Å²) in [4.78, 5) is 23.8. The van der Waals surface area contributed by atoms with Crippen LogP contribution in [0.3, 0.4) is 0 Å². The Labute approximate surface area is 253 Å². The largest absolute Gasteiger partial charge is 0.463 e. The number of rotatable bonds is 30. The summed E-state index contributed by atoms with van der Waals surface area (Å²) in [6.45, 7) is 4.22. The molecular weight excluding hydrogens is 512 g/mol. The highest BCUT2D eigenvalue weighted by Crippen LogP contribution is 2.13. The van der Waals surface area contributed by atoms with Crippen LogP contribution in [-0.4, -0.2) is 36.4 Å². The molecule has 0 saturated carbocycles. The molecule has 0 rings (SSSR count). The van der Waals surface area contributed by atoms with Gasteiger partial charge in [0, 0.05) is 12.8 Å². The van der Waals surface area contributed by atoms with E-state index < -0.39 is 6.10 Å². The van der Waals surface area contributed by atoms with Gasteiger partial charge in [0.1, 0.15) is 19.3 Å². The van der Waals surface area contributed by atoms with E-state index in [0.717, 1.165) is 51.4 Å². The standard InChI is InChI=1S/C36H64O5/c1-3-5-7-9-11-13-15-17-18-19-21-23-25-27-29-31-36(39)41-33-34(37)32-40-35(38)30-28-26-24-22-20-16-14-12-10-8-6-4-2/h11,13,17-18,21,23,34,37H,3-10,12,14-16,19-20,22,24-33H2,1-2H3/b13-11-,18-17-,23-21-/t34-/m1/s1. The van der Waals surface area contributed by atoms with Crippen molar-refractivity contribution in [2.24, 2.45) is 0 Å². The third-order valence-corrected chi connectivity index (χ3v) is 7.13. The van der Waals surface area contributed by atoms with Crippen molar-refractivity contribution in [1.29, 1.82) is 0 Å². The molecule has 0 radical (unpaired) electrons. The SMILES string of the molecule is CCCCC/C=C\C/C=C\C/C=C\CCCCC(=O)OC[C@H](O)COC(=O)CCCCCCCCCCCCCC. The molecule has 1 atom stereocenters. The number of carbonyl (C=O) groups is 2. The van der Waals surface area contributed by atoms with Crippen molar-refractivity contribution in [3.05, 3.63) is 36.5 Å². The number of aliphatic hydroxyl groups is 1. The van der Waals surface area contributed by atoms with Gasteiger partial charge >= 0.3 is 11.9 Å². The van der Waals surface area contributed by atoms with E-state index in [2.05, 4.69) is 50.3 Å². The molecule has 0 fully saturated rings. The summed E-state index contributed by atoms with van der Waals surface area (Å²) in [5, 5.41) is 9.95. The van der Waals surface area contributed by atoms with Gasteiger partial charge in [0.05, 0.1) is 0 Å². The number of hydrogen-bond donors (Lipinski definition) is 1.